The van der Waals surface area contributed by atoms with Crippen molar-refractivity contribution in [3.63, 3.8) is 0 Å². The normalized spacial score (nSPS) is 17.1. The van der Waals surface area contributed by atoms with Crippen LogP contribution < -0.4 is 16.4 Å². The van der Waals surface area contributed by atoms with Gasteiger partial charge in [-0.25, -0.2) is 0 Å². The fourth-order valence-corrected chi connectivity index (χ4v) is 1.62. The fourth-order valence-electron chi connectivity index (χ4n) is 1.62. The molecule has 6 nitrogen and oxygen atoms in total. The lowest BCUT2D eigenvalue weighted by molar-refractivity contribution is 0.149. The van der Waals surface area contributed by atoms with Crippen molar-refractivity contribution in [2.75, 3.05) is 6.54 Å². The number of aromatic nitrogens is 2. The lowest BCUT2D eigenvalue weighted by Gasteiger charge is -2.13. The molecule has 0 spiro atoms. The number of nitrogens with one attached hydrogen (secondary N) is 1. The number of aliphatic hydroxyl groups excluding tert-OH is 1. The van der Waals surface area contributed by atoms with Gasteiger partial charge in [-0.3, -0.25) is 9.59 Å². The summed E-state index contributed by atoms with van der Waals surface area (Å²) in [5, 5.41) is 12.9. The molecule has 94 valence electrons. The highest BCUT2D eigenvalue weighted by atomic mass is 16.3. The molecule has 1 fully saturated rings. The molecule has 1 heterocycles. The number of nitrogens with zero attached hydrogens (tertiary/aromatic N) is 2. The van der Waals surface area contributed by atoms with E-state index in [4.69, 9.17) is 0 Å². The molecule has 1 aromatic rings. The SMILES string of the molecule is Cn1ccn(CC(O)CNC2CC2)c(=O)c1=O. The number of hydrogen-bond donors (Lipinski definition) is 2. The molecule has 6 heteroatoms. The predicted molar refractivity (Wildman–Crippen MR) is 63.0 cm³/mol. The summed E-state index contributed by atoms with van der Waals surface area (Å²) in [6.45, 7) is 0.598. The molecule has 1 aliphatic carbocycles. The lowest BCUT2D eigenvalue weighted by atomic mass is 10.3. The van der Waals surface area contributed by atoms with Gasteiger partial charge in [0.05, 0.1) is 12.6 Å². The zero-order valence-electron chi connectivity index (χ0n) is 9.80. The van der Waals surface area contributed by atoms with Gasteiger partial charge >= 0.3 is 11.1 Å². The molecule has 0 radical (unpaired) electrons. The van der Waals surface area contributed by atoms with Crippen LogP contribution in [0.25, 0.3) is 0 Å². The van der Waals surface area contributed by atoms with Gasteiger partial charge in [-0.15, -0.1) is 0 Å². The maximum Gasteiger partial charge on any atom is 0.316 e. The van der Waals surface area contributed by atoms with E-state index in [9.17, 15) is 14.7 Å². The highest BCUT2D eigenvalue weighted by Gasteiger charge is 2.21. The molecule has 1 atom stereocenters. The zero-order chi connectivity index (χ0) is 12.4. The summed E-state index contributed by atoms with van der Waals surface area (Å²) in [6.07, 6.45) is 4.69. The van der Waals surface area contributed by atoms with Crippen molar-refractivity contribution >= 4 is 0 Å². The van der Waals surface area contributed by atoms with Crippen LogP contribution in [0, 0.1) is 0 Å². The van der Waals surface area contributed by atoms with E-state index in [1.54, 1.807) is 0 Å². The quantitative estimate of drug-likeness (QED) is 0.624. The van der Waals surface area contributed by atoms with Gasteiger partial charge in [0.2, 0.25) is 0 Å². The Hall–Kier alpha value is -1.40. The van der Waals surface area contributed by atoms with Gasteiger partial charge in [0, 0.05) is 32.0 Å². The van der Waals surface area contributed by atoms with Crippen molar-refractivity contribution in [3.05, 3.63) is 33.1 Å². The van der Waals surface area contributed by atoms with E-state index in [1.165, 1.54) is 28.6 Å². The highest BCUT2D eigenvalue weighted by Crippen LogP contribution is 2.18. The molecule has 2 rings (SSSR count). The van der Waals surface area contributed by atoms with Crippen molar-refractivity contribution in [1.82, 2.24) is 14.5 Å². The Balaban J connectivity index is 1.99. The largest absolute Gasteiger partial charge is 0.390 e. The summed E-state index contributed by atoms with van der Waals surface area (Å²) in [5.41, 5.74) is -1.17. The van der Waals surface area contributed by atoms with Crippen molar-refractivity contribution in [1.29, 1.82) is 0 Å². The van der Waals surface area contributed by atoms with Gasteiger partial charge in [-0.2, -0.15) is 0 Å². The minimum Gasteiger partial charge on any atom is -0.390 e. The minimum absolute atomic E-state index is 0.147. The molecule has 1 aliphatic rings. The molecule has 0 aromatic carbocycles. The highest BCUT2D eigenvalue weighted by molar-refractivity contribution is 4.86. The summed E-state index contributed by atoms with van der Waals surface area (Å²) in [6, 6.07) is 0.519. The second-order valence-corrected chi connectivity index (χ2v) is 4.51. The van der Waals surface area contributed by atoms with E-state index in [-0.39, 0.29) is 6.54 Å². The van der Waals surface area contributed by atoms with Gasteiger partial charge in [0.25, 0.3) is 0 Å². The third-order valence-corrected chi connectivity index (χ3v) is 2.86. The summed E-state index contributed by atoms with van der Waals surface area (Å²) >= 11 is 0. The van der Waals surface area contributed by atoms with Crippen molar-refractivity contribution in [2.45, 2.75) is 31.5 Å². The molecular formula is C11H17N3O3. The Morgan fingerprint density at radius 3 is 2.76 bits per heavy atom. The summed E-state index contributed by atoms with van der Waals surface area (Å²) in [4.78, 5) is 23.0. The van der Waals surface area contributed by atoms with Crippen LogP contribution in [0.4, 0.5) is 0 Å². The Bertz CT molecular complexity index is 501. The first kappa shape index (κ1) is 12.1. The van der Waals surface area contributed by atoms with Crippen LogP contribution >= 0.6 is 0 Å². The van der Waals surface area contributed by atoms with E-state index in [2.05, 4.69) is 5.32 Å². The van der Waals surface area contributed by atoms with Gasteiger partial charge < -0.3 is 19.6 Å². The summed E-state index contributed by atoms with van der Waals surface area (Å²) in [7, 11) is 1.53. The van der Waals surface area contributed by atoms with E-state index >= 15 is 0 Å². The Kier molecular flexibility index (Phi) is 3.44. The molecule has 1 unspecified atom stereocenters. The van der Waals surface area contributed by atoms with Crippen LogP contribution in [0.1, 0.15) is 12.8 Å². The Morgan fingerprint density at radius 1 is 1.41 bits per heavy atom. The van der Waals surface area contributed by atoms with E-state index in [1.807, 2.05) is 0 Å². The van der Waals surface area contributed by atoms with E-state index < -0.39 is 17.2 Å². The smallest absolute Gasteiger partial charge is 0.316 e. The van der Waals surface area contributed by atoms with E-state index in [0.29, 0.717) is 12.6 Å². The topological polar surface area (TPSA) is 76.3 Å². The van der Waals surface area contributed by atoms with Crippen LogP contribution in [0.15, 0.2) is 22.0 Å². The van der Waals surface area contributed by atoms with E-state index in [0.717, 1.165) is 12.8 Å². The van der Waals surface area contributed by atoms with Crippen LogP contribution in [-0.2, 0) is 13.6 Å². The summed E-state index contributed by atoms with van der Waals surface area (Å²) < 4.78 is 2.48. The molecule has 0 bridgehead atoms. The zero-order valence-corrected chi connectivity index (χ0v) is 9.80. The first-order valence-electron chi connectivity index (χ1n) is 5.75. The van der Waals surface area contributed by atoms with Gasteiger partial charge in [-0.1, -0.05) is 0 Å². The predicted octanol–water partition coefficient (Wildman–Crippen LogP) is -1.34. The maximum atomic E-state index is 11.6. The second-order valence-electron chi connectivity index (χ2n) is 4.51. The molecule has 17 heavy (non-hydrogen) atoms. The molecule has 0 aliphatic heterocycles. The van der Waals surface area contributed by atoms with Crippen molar-refractivity contribution in [3.8, 4) is 0 Å². The monoisotopic (exact) mass is 239 g/mol. The Labute approximate surface area is 98.5 Å². The molecule has 2 N–H and O–H groups in total. The van der Waals surface area contributed by atoms with Gasteiger partial charge in [0.15, 0.2) is 0 Å². The molecular weight excluding hydrogens is 222 g/mol. The van der Waals surface area contributed by atoms with Crippen LogP contribution in [0.2, 0.25) is 0 Å². The first-order valence-corrected chi connectivity index (χ1v) is 5.75. The van der Waals surface area contributed by atoms with Crippen LogP contribution in [0.5, 0.6) is 0 Å². The van der Waals surface area contributed by atoms with Crippen molar-refractivity contribution < 1.29 is 5.11 Å². The number of rotatable bonds is 5. The van der Waals surface area contributed by atoms with Gasteiger partial charge in [0.1, 0.15) is 0 Å². The molecule has 0 saturated heterocycles. The van der Waals surface area contributed by atoms with Crippen LogP contribution in [0.3, 0.4) is 0 Å². The molecule has 0 amide bonds. The standard InChI is InChI=1S/C11H17N3O3/c1-13-4-5-14(11(17)10(13)16)7-9(15)6-12-8-2-3-8/h4-5,8-9,12,15H,2-3,6-7H2,1H3. The minimum atomic E-state index is -0.652. The third kappa shape index (κ3) is 3.04. The molecule has 1 saturated carbocycles. The second kappa shape index (κ2) is 4.85. The number of hydrogen-bond acceptors (Lipinski definition) is 4. The fraction of sp³-hybridized carbons (Fsp3) is 0.636. The number of aliphatic hydroxyl groups is 1. The Morgan fingerprint density at radius 2 is 2.12 bits per heavy atom. The van der Waals surface area contributed by atoms with Crippen molar-refractivity contribution in [2.24, 2.45) is 7.05 Å². The first-order chi connectivity index (χ1) is 8.08. The summed E-state index contributed by atoms with van der Waals surface area (Å²) in [5.74, 6) is 0. The average molecular weight is 239 g/mol. The van der Waals surface area contributed by atoms with Gasteiger partial charge in [-0.05, 0) is 12.8 Å². The molecule has 1 aromatic heterocycles. The van der Waals surface area contributed by atoms with Crippen LogP contribution in [-0.4, -0.2) is 32.9 Å². The lowest BCUT2D eigenvalue weighted by Crippen LogP contribution is -2.42. The maximum absolute atomic E-state index is 11.6. The third-order valence-electron chi connectivity index (χ3n) is 2.86. The number of aryl methyl sites for hydroxylation is 1. The average Bonchev–Trinajstić information content (AvgIpc) is 3.11.